The molecule has 2 unspecified atom stereocenters. The van der Waals surface area contributed by atoms with Gasteiger partial charge in [-0.25, -0.2) is 0 Å². The summed E-state index contributed by atoms with van der Waals surface area (Å²) in [6, 6.07) is 4.84. The van der Waals surface area contributed by atoms with Crippen LogP contribution in [0.3, 0.4) is 0 Å². The molecule has 1 aromatic rings. The molecule has 1 saturated heterocycles. The Labute approximate surface area is 163 Å². The molecule has 0 bridgehead atoms. The molecule has 0 amide bonds. The number of benzene rings is 1. The molecule has 6 nitrogen and oxygen atoms in total. The topological polar surface area (TPSA) is 49.3 Å². The van der Waals surface area contributed by atoms with Gasteiger partial charge in [-0.05, 0) is 38.6 Å². The normalized spacial score (nSPS) is 22.1. The minimum atomic E-state index is 0.238. The Kier molecular flexibility index (Phi) is 6.47. The predicted molar refractivity (Wildman–Crippen MR) is 110 cm³/mol. The highest BCUT2D eigenvalue weighted by Gasteiger charge is 2.28. The Morgan fingerprint density at radius 1 is 1.37 bits per heavy atom. The van der Waals surface area contributed by atoms with E-state index in [2.05, 4.69) is 53.0 Å². The first kappa shape index (κ1) is 19.8. The van der Waals surface area contributed by atoms with Crippen LogP contribution in [0.15, 0.2) is 17.1 Å². The van der Waals surface area contributed by atoms with Crippen LogP contribution in [0.25, 0.3) is 0 Å². The molecular formula is C21H34N4O2. The van der Waals surface area contributed by atoms with E-state index in [1.165, 1.54) is 12.0 Å². The standard InChI is InChI=1S/C21H34N4O2/c1-6-24(7-2)18-8-9-25(14-18)21(22-4)23-13-17-12-20-16(10-15(3)27-20)11-19(17)26-5/h11-12,15,18H,6-10,13-14H2,1-5H3,(H,22,23). The van der Waals surface area contributed by atoms with Crippen molar-refractivity contribution in [1.82, 2.24) is 15.1 Å². The quantitative estimate of drug-likeness (QED) is 0.612. The first-order chi connectivity index (χ1) is 13.1. The Hall–Kier alpha value is -1.95. The fraction of sp³-hybridized carbons (Fsp3) is 0.667. The van der Waals surface area contributed by atoms with Crippen LogP contribution in [0.2, 0.25) is 0 Å². The summed E-state index contributed by atoms with van der Waals surface area (Å²) in [4.78, 5) is 9.41. The van der Waals surface area contributed by atoms with Gasteiger partial charge in [0.15, 0.2) is 5.96 Å². The largest absolute Gasteiger partial charge is 0.496 e. The van der Waals surface area contributed by atoms with E-state index in [0.29, 0.717) is 12.6 Å². The van der Waals surface area contributed by atoms with Gasteiger partial charge in [-0.2, -0.15) is 0 Å². The predicted octanol–water partition coefficient (Wildman–Crippen LogP) is 2.51. The second-order valence-corrected chi connectivity index (χ2v) is 7.41. The van der Waals surface area contributed by atoms with E-state index in [4.69, 9.17) is 9.47 Å². The maximum atomic E-state index is 5.92. The van der Waals surface area contributed by atoms with Crippen LogP contribution in [-0.4, -0.2) is 68.2 Å². The third-order valence-electron chi connectivity index (χ3n) is 5.74. The molecule has 0 aromatic heterocycles. The number of nitrogens with zero attached hydrogens (tertiary/aromatic N) is 3. The van der Waals surface area contributed by atoms with Crippen molar-refractivity contribution in [2.75, 3.05) is 40.3 Å². The Morgan fingerprint density at radius 2 is 2.15 bits per heavy atom. The number of nitrogens with one attached hydrogen (secondary N) is 1. The zero-order valence-corrected chi connectivity index (χ0v) is 17.4. The molecular weight excluding hydrogens is 340 g/mol. The van der Waals surface area contributed by atoms with E-state index in [0.717, 1.165) is 55.6 Å². The Morgan fingerprint density at radius 3 is 2.81 bits per heavy atom. The van der Waals surface area contributed by atoms with Crippen molar-refractivity contribution in [2.24, 2.45) is 4.99 Å². The van der Waals surface area contributed by atoms with Crippen molar-refractivity contribution < 1.29 is 9.47 Å². The van der Waals surface area contributed by atoms with Crippen LogP contribution in [-0.2, 0) is 13.0 Å². The minimum Gasteiger partial charge on any atom is -0.496 e. The fourth-order valence-electron chi connectivity index (χ4n) is 4.29. The van der Waals surface area contributed by atoms with E-state index >= 15 is 0 Å². The summed E-state index contributed by atoms with van der Waals surface area (Å²) < 4.78 is 11.5. The summed E-state index contributed by atoms with van der Waals surface area (Å²) >= 11 is 0. The van der Waals surface area contributed by atoms with Crippen LogP contribution in [0, 0.1) is 0 Å². The lowest BCUT2D eigenvalue weighted by atomic mass is 10.1. The number of hydrogen-bond acceptors (Lipinski definition) is 4. The highest BCUT2D eigenvalue weighted by molar-refractivity contribution is 5.80. The second kappa shape index (κ2) is 8.83. The van der Waals surface area contributed by atoms with E-state index in [1.807, 2.05) is 7.05 Å². The minimum absolute atomic E-state index is 0.238. The molecule has 0 radical (unpaired) electrons. The number of fused-ring (bicyclic) bond motifs is 1. The highest BCUT2D eigenvalue weighted by Crippen LogP contribution is 2.35. The number of likely N-dealkylation sites (N-methyl/N-ethyl adjacent to an activating group) is 1. The first-order valence-corrected chi connectivity index (χ1v) is 10.2. The molecule has 1 fully saturated rings. The second-order valence-electron chi connectivity index (χ2n) is 7.41. The van der Waals surface area contributed by atoms with Crippen LogP contribution in [0.1, 0.15) is 38.3 Å². The summed E-state index contributed by atoms with van der Waals surface area (Å²) in [5.41, 5.74) is 2.33. The van der Waals surface area contributed by atoms with Crippen molar-refractivity contribution in [2.45, 2.75) is 52.3 Å². The summed E-state index contributed by atoms with van der Waals surface area (Å²) in [6.07, 6.45) is 2.38. The lowest BCUT2D eigenvalue weighted by Gasteiger charge is -2.27. The third-order valence-corrected chi connectivity index (χ3v) is 5.74. The van der Waals surface area contributed by atoms with Crippen LogP contribution in [0.4, 0.5) is 0 Å². The first-order valence-electron chi connectivity index (χ1n) is 10.2. The molecule has 2 aliphatic rings. The zero-order valence-electron chi connectivity index (χ0n) is 17.4. The molecule has 0 aliphatic carbocycles. The van der Waals surface area contributed by atoms with Gasteiger partial charge in [-0.1, -0.05) is 13.8 Å². The van der Waals surface area contributed by atoms with E-state index in [9.17, 15) is 0 Å². The fourth-order valence-corrected chi connectivity index (χ4v) is 4.29. The molecule has 1 N–H and O–H groups in total. The van der Waals surface area contributed by atoms with Crippen molar-refractivity contribution in [1.29, 1.82) is 0 Å². The Bertz CT molecular complexity index is 672. The molecule has 0 spiro atoms. The monoisotopic (exact) mass is 374 g/mol. The molecule has 150 valence electrons. The van der Waals surface area contributed by atoms with Crippen LogP contribution >= 0.6 is 0 Å². The summed E-state index contributed by atoms with van der Waals surface area (Å²) in [6.45, 7) is 11.5. The smallest absolute Gasteiger partial charge is 0.193 e. The number of aliphatic imine (C=N–C) groups is 1. The third kappa shape index (κ3) is 4.32. The average molecular weight is 375 g/mol. The molecule has 27 heavy (non-hydrogen) atoms. The van der Waals surface area contributed by atoms with E-state index in [-0.39, 0.29) is 6.10 Å². The molecule has 2 heterocycles. The molecule has 0 saturated carbocycles. The van der Waals surface area contributed by atoms with Crippen LogP contribution in [0.5, 0.6) is 11.5 Å². The van der Waals surface area contributed by atoms with Crippen LogP contribution < -0.4 is 14.8 Å². The lowest BCUT2D eigenvalue weighted by molar-refractivity contribution is 0.223. The maximum absolute atomic E-state index is 5.92. The van der Waals surface area contributed by atoms with Gasteiger partial charge in [0.25, 0.3) is 0 Å². The molecule has 2 aliphatic heterocycles. The maximum Gasteiger partial charge on any atom is 0.193 e. The van der Waals surface area contributed by atoms with Gasteiger partial charge in [-0.15, -0.1) is 0 Å². The zero-order chi connectivity index (χ0) is 19.4. The van der Waals surface area contributed by atoms with Crippen molar-refractivity contribution in [3.8, 4) is 11.5 Å². The van der Waals surface area contributed by atoms with Crippen molar-refractivity contribution in [3.63, 3.8) is 0 Å². The SMILES string of the molecule is CCN(CC)C1CCN(C(=NC)NCc2cc3c(cc2OC)CC(C)O3)C1. The van der Waals surface area contributed by atoms with Crippen molar-refractivity contribution in [3.05, 3.63) is 23.3 Å². The van der Waals surface area contributed by atoms with Gasteiger partial charge >= 0.3 is 0 Å². The van der Waals surface area contributed by atoms with Gasteiger partial charge < -0.3 is 19.7 Å². The molecule has 6 heteroatoms. The Balaban J connectivity index is 1.65. The number of methoxy groups -OCH3 is 1. The molecule has 2 atom stereocenters. The number of ether oxygens (including phenoxy) is 2. The van der Waals surface area contributed by atoms with Gasteiger partial charge in [0.2, 0.25) is 0 Å². The highest BCUT2D eigenvalue weighted by atomic mass is 16.5. The number of hydrogen-bond donors (Lipinski definition) is 1. The average Bonchev–Trinajstić information content (AvgIpc) is 3.28. The molecule has 3 rings (SSSR count). The van der Waals surface area contributed by atoms with E-state index in [1.54, 1.807) is 7.11 Å². The van der Waals surface area contributed by atoms with Gasteiger partial charge in [-0.3, -0.25) is 9.89 Å². The van der Waals surface area contributed by atoms with Gasteiger partial charge in [0, 0.05) is 50.3 Å². The summed E-state index contributed by atoms with van der Waals surface area (Å²) in [5, 5.41) is 3.52. The lowest BCUT2D eigenvalue weighted by Crippen LogP contribution is -2.43. The number of guanidine groups is 1. The summed E-state index contributed by atoms with van der Waals surface area (Å²) in [7, 11) is 3.59. The van der Waals surface area contributed by atoms with Gasteiger partial charge in [0.05, 0.1) is 7.11 Å². The number of rotatable bonds is 6. The van der Waals surface area contributed by atoms with Crippen molar-refractivity contribution >= 4 is 5.96 Å². The van der Waals surface area contributed by atoms with Gasteiger partial charge in [0.1, 0.15) is 17.6 Å². The van der Waals surface area contributed by atoms with E-state index < -0.39 is 0 Å². The number of likely N-dealkylation sites (tertiary alicyclic amines) is 1. The summed E-state index contributed by atoms with van der Waals surface area (Å²) in [5.74, 6) is 2.86. The molecule has 1 aromatic carbocycles.